The zero-order chi connectivity index (χ0) is 19.1. The number of fused-ring (bicyclic) bond motifs is 2. The molecule has 0 fully saturated rings. The van der Waals surface area contributed by atoms with Crippen LogP contribution < -0.4 is 11.1 Å². The van der Waals surface area contributed by atoms with Gasteiger partial charge < -0.3 is 20.4 Å². The van der Waals surface area contributed by atoms with Crippen LogP contribution in [0.1, 0.15) is 34.6 Å². The van der Waals surface area contributed by atoms with Crippen molar-refractivity contribution in [2.75, 3.05) is 11.1 Å². The lowest BCUT2D eigenvalue weighted by molar-refractivity contribution is 0.192. The fraction of sp³-hybridized carbons (Fsp3) is 0.400. The van der Waals surface area contributed by atoms with Gasteiger partial charge in [-0.05, 0) is 13.0 Å². The third-order valence-corrected chi connectivity index (χ3v) is 4.10. The number of nitrogens with one attached hydrogen (secondary N) is 1. The van der Waals surface area contributed by atoms with E-state index in [2.05, 4.69) is 38.9 Å². The summed E-state index contributed by atoms with van der Waals surface area (Å²) in [5.41, 5.74) is 8.82. The molecule has 1 aliphatic carbocycles. The summed E-state index contributed by atoms with van der Waals surface area (Å²) in [5.74, 6) is 0.686. The largest absolute Gasteiger partial charge is 0.491 e. The maximum Gasteiger partial charge on any atom is 0.147 e. The number of rotatable bonds is 3. The number of allylic oxidation sites excluding steroid dienone is 2. The molecule has 2 unspecified atom stereocenters. The molecule has 0 saturated carbocycles. The molecule has 6 nitrogen and oxygen atoms in total. The minimum Gasteiger partial charge on any atom is -0.491 e. The highest BCUT2D eigenvalue weighted by Gasteiger charge is 2.30. The van der Waals surface area contributed by atoms with Crippen LogP contribution in [0.15, 0.2) is 48.8 Å². The number of anilines is 2. The maximum absolute atomic E-state index is 6.05. The molecule has 3 heterocycles. The second-order valence-electron chi connectivity index (χ2n) is 5.38. The van der Waals surface area contributed by atoms with Crippen molar-refractivity contribution in [2.45, 2.75) is 47.3 Å². The summed E-state index contributed by atoms with van der Waals surface area (Å²) in [6, 6.07) is 0. The van der Waals surface area contributed by atoms with Crippen LogP contribution in [0.5, 0.6) is 0 Å². The monoisotopic (exact) mass is 366 g/mol. The molecule has 1 aliphatic heterocycles. The number of hydrogen-bond acceptors (Lipinski definition) is 5. The summed E-state index contributed by atoms with van der Waals surface area (Å²) in [6.07, 6.45) is 13.6. The van der Waals surface area contributed by atoms with Crippen molar-refractivity contribution in [1.82, 2.24) is 14.5 Å². The van der Waals surface area contributed by atoms with Crippen molar-refractivity contribution in [1.29, 1.82) is 0 Å². The van der Waals surface area contributed by atoms with Crippen LogP contribution >= 0.6 is 0 Å². The number of nitrogens with two attached hydrogens (primary N) is 1. The van der Waals surface area contributed by atoms with E-state index in [0.29, 0.717) is 5.82 Å². The molecule has 7 heteroatoms. The minimum absolute atomic E-state index is 0. The van der Waals surface area contributed by atoms with E-state index in [0.717, 1.165) is 29.0 Å². The number of nitrogen functional groups attached to an aromatic ring is 1. The zero-order valence-corrected chi connectivity index (χ0v) is 16.8. The fourth-order valence-corrected chi connectivity index (χ4v) is 2.98. The van der Waals surface area contributed by atoms with Crippen molar-refractivity contribution in [2.24, 2.45) is 5.92 Å². The van der Waals surface area contributed by atoms with Gasteiger partial charge in [-0.25, -0.2) is 9.97 Å². The first-order valence-electron chi connectivity index (χ1n) is 9.34. The Morgan fingerprint density at radius 2 is 1.85 bits per heavy atom. The van der Waals surface area contributed by atoms with E-state index in [9.17, 15) is 0 Å². The van der Waals surface area contributed by atoms with Gasteiger partial charge in [0.1, 0.15) is 30.2 Å². The third-order valence-electron chi connectivity index (χ3n) is 4.10. The molecule has 2 aliphatic rings. The molecule has 3 radical (unpaired) electrons. The van der Waals surface area contributed by atoms with Crippen molar-refractivity contribution >= 4 is 31.0 Å². The molecule has 143 valence electrons. The molecule has 27 heavy (non-hydrogen) atoms. The number of ether oxygens (including phenoxy) is 1. The predicted octanol–water partition coefficient (Wildman–Crippen LogP) is 4.10. The van der Waals surface area contributed by atoms with Crippen LogP contribution in [0.25, 0.3) is 11.0 Å². The molecule has 0 aromatic carbocycles. The topological polar surface area (TPSA) is 78.0 Å². The van der Waals surface area contributed by atoms with Gasteiger partial charge in [0.25, 0.3) is 0 Å². The molecule has 0 bridgehead atoms. The predicted molar refractivity (Wildman–Crippen MR) is 114 cm³/mol. The molecule has 3 N–H and O–H groups in total. The van der Waals surface area contributed by atoms with E-state index >= 15 is 0 Å². The standard InChI is InChI=1S/C16H17N5O.2C2H6.B/c1-2-21-7-11(14-15(17)18-9-19-16(14)21)20-12-8-22-13-6-4-3-5-10(12)13;2*1-2;/h3-10,13,20H,2H2,1H3,(H2,17,18,19);2*1-2H3;. The SMILES string of the molecule is CC.CC.CCn1cc(NC2=COC3C=CC=CC23)c2c(N)ncnc21.[B]. The van der Waals surface area contributed by atoms with E-state index in [-0.39, 0.29) is 20.4 Å². The summed E-state index contributed by atoms with van der Waals surface area (Å²) in [7, 11) is 0. The lowest BCUT2D eigenvalue weighted by atomic mass is 9.96. The molecule has 4 rings (SSSR count). The van der Waals surface area contributed by atoms with Gasteiger partial charge in [0.05, 0.1) is 22.7 Å². The third kappa shape index (κ3) is 4.35. The highest BCUT2D eigenvalue weighted by molar-refractivity contribution is 5.98. The van der Waals surface area contributed by atoms with Crippen LogP contribution in [0.4, 0.5) is 11.5 Å². The van der Waals surface area contributed by atoms with Gasteiger partial charge in [0.2, 0.25) is 0 Å². The van der Waals surface area contributed by atoms with Gasteiger partial charge in [0, 0.05) is 21.2 Å². The second-order valence-corrected chi connectivity index (χ2v) is 5.38. The Morgan fingerprint density at radius 3 is 2.56 bits per heavy atom. The average Bonchev–Trinajstić information content (AvgIpc) is 3.28. The first-order valence-corrected chi connectivity index (χ1v) is 9.34. The molecule has 2 aromatic rings. The smallest absolute Gasteiger partial charge is 0.147 e. The fourth-order valence-electron chi connectivity index (χ4n) is 2.98. The lowest BCUT2D eigenvalue weighted by Gasteiger charge is -2.18. The molecule has 2 aromatic heterocycles. The first kappa shape index (κ1) is 22.3. The Kier molecular flexibility index (Phi) is 8.65. The van der Waals surface area contributed by atoms with Crippen molar-refractivity contribution < 1.29 is 4.74 Å². The molecule has 2 atom stereocenters. The Labute approximate surface area is 163 Å². The zero-order valence-electron chi connectivity index (χ0n) is 16.8. The van der Waals surface area contributed by atoms with Crippen LogP contribution in [-0.2, 0) is 11.3 Å². The summed E-state index contributed by atoms with van der Waals surface area (Å²) in [6.45, 7) is 10.9. The van der Waals surface area contributed by atoms with Gasteiger partial charge in [-0.15, -0.1) is 0 Å². The van der Waals surface area contributed by atoms with Crippen molar-refractivity contribution in [3.8, 4) is 0 Å². The Morgan fingerprint density at radius 1 is 1.15 bits per heavy atom. The number of aromatic nitrogens is 3. The Bertz CT molecular complexity index is 825. The molecular formula is C20H29BN5O. The maximum atomic E-state index is 6.05. The summed E-state index contributed by atoms with van der Waals surface area (Å²) in [4.78, 5) is 8.45. The van der Waals surface area contributed by atoms with Crippen molar-refractivity contribution in [3.63, 3.8) is 0 Å². The number of nitrogens with zero attached hydrogens (tertiary/aromatic N) is 3. The van der Waals surface area contributed by atoms with Gasteiger partial charge in [-0.2, -0.15) is 0 Å². The van der Waals surface area contributed by atoms with Crippen LogP contribution in [0.3, 0.4) is 0 Å². The second kappa shape index (κ2) is 10.5. The Balaban J connectivity index is 0.000000686. The van der Waals surface area contributed by atoms with Gasteiger partial charge in [0.15, 0.2) is 0 Å². The van der Waals surface area contributed by atoms with Crippen LogP contribution in [0.2, 0.25) is 0 Å². The lowest BCUT2D eigenvalue weighted by Crippen LogP contribution is -2.19. The number of hydrogen-bond donors (Lipinski definition) is 2. The van der Waals surface area contributed by atoms with E-state index in [1.165, 1.54) is 6.33 Å². The first-order chi connectivity index (χ1) is 12.8. The molecule has 0 saturated heterocycles. The van der Waals surface area contributed by atoms with Crippen molar-refractivity contribution in [3.05, 3.63) is 48.8 Å². The molecular weight excluding hydrogens is 337 g/mol. The van der Waals surface area contributed by atoms with E-state index < -0.39 is 0 Å². The quantitative estimate of drug-likeness (QED) is 0.800. The minimum atomic E-state index is 0. The van der Waals surface area contributed by atoms with Gasteiger partial charge in [-0.1, -0.05) is 45.9 Å². The summed E-state index contributed by atoms with van der Waals surface area (Å²) in [5, 5.41) is 4.30. The normalized spacial score (nSPS) is 18.8. The summed E-state index contributed by atoms with van der Waals surface area (Å²) < 4.78 is 7.74. The van der Waals surface area contributed by atoms with Gasteiger partial charge >= 0.3 is 0 Å². The van der Waals surface area contributed by atoms with Crippen LogP contribution in [0, 0.1) is 5.92 Å². The average molecular weight is 366 g/mol. The highest BCUT2D eigenvalue weighted by Crippen LogP contribution is 2.35. The number of aryl methyl sites for hydroxylation is 1. The van der Waals surface area contributed by atoms with E-state index in [1.807, 2.05) is 46.0 Å². The van der Waals surface area contributed by atoms with E-state index in [1.54, 1.807) is 6.26 Å². The Hall–Kier alpha value is -2.70. The molecule has 0 amide bonds. The summed E-state index contributed by atoms with van der Waals surface area (Å²) >= 11 is 0. The molecule has 0 spiro atoms. The van der Waals surface area contributed by atoms with E-state index in [4.69, 9.17) is 10.5 Å². The highest BCUT2D eigenvalue weighted by atomic mass is 16.5. The van der Waals surface area contributed by atoms with Crippen LogP contribution in [-0.4, -0.2) is 29.1 Å². The van der Waals surface area contributed by atoms with Gasteiger partial charge in [-0.3, -0.25) is 0 Å².